The van der Waals surface area contributed by atoms with E-state index in [9.17, 15) is 4.79 Å². The smallest absolute Gasteiger partial charge is 0.259 e. The Morgan fingerprint density at radius 3 is 2.64 bits per heavy atom. The van der Waals surface area contributed by atoms with E-state index in [1.165, 1.54) is 4.57 Å². The maximum Gasteiger partial charge on any atom is 0.259 e. The summed E-state index contributed by atoms with van der Waals surface area (Å²) in [7, 11) is 3.43. The molecule has 1 N–H and O–H groups in total. The molecule has 0 aliphatic heterocycles. The number of hydrogen-bond donors (Lipinski definition) is 1. The second-order valence-corrected chi connectivity index (χ2v) is 6.92. The average Bonchev–Trinajstić information content (AvgIpc) is 2.71. The Kier molecular flexibility index (Phi) is 4.57. The van der Waals surface area contributed by atoms with Gasteiger partial charge in [-0.3, -0.25) is 14.3 Å². The van der Waals surface area contributed by atoms with Gasteiger partial charge in [-0.2, -0.15) is 4.98 Å². The minimum absolute atomic E-state index is 0.170. The van der Waals surface area contributed by atoms with Crippen LogP contribution in [0.15, 0.2) is 53.6 Å². The van der Waals surface area contributed by atoms with Crippen molar-refractivity contribution in [2.24, 2.45) is 7.05 Å². The number of aryl methyl sites for hydroxylation is 2. The van der Waals surface area contributed by atoms with Crippen LogP contribution in [-0.4, -0.2) is 26.6 Å². The van der Waals surface area contributed by atoms with Crippen LogP contribution in [0, 0.1) is 6.92 Å². The molecule has 0 saturated heterocycles. The van der Waals surface area contributed by atoms with Crippen molar-refractivity contribution in [3.8, 4) is 22.4 Å². The van der Waals surface area contributed by atoms with Crippen molar-refractivity contribution in [1.29, 1.82) is 0 Å². The van der Waals surface area contributed by atoms with Crippen LogP contribution in [0.4, 0.5) is 5.95 Å². The Balaban J connectivity index is 1.88. The predicted molar refractivity (Wildman–Crippen MR) is 113 cm³/mol. The Morgan fingerprint density at radius 1 is 1.11 bits per heavy atom. The molecule has 0 radical (unpaired) electrons. The number of halogens is 1. The second kappa shape index (κ2) is 7.05. The highest BCUT2D eigenvalue weighted by atomic mass is 35.5. The van der Waals surface area contributed by atoms with Gasteiger partial charge in [0.2, 0.25) is 5.95 Å². The van der Waals surface area contributed by atoms with E-state index in [1.54, 1.807) is 32.6 Å². The molecule has 3 aromatic heterocycles. The SMILES string of the molecule is CNc1ncc2cc(-c3ccc(-c4ncccc4C)cc3Cl)c(=O)n(C)c2n1. The summed E-state index contributed by atoms with van der Waals surface area (Å²) in [5, 5.41) is 4.14. The number of aromatic nitrogens is 4. The maximum absolute atomic E-state index is 13.0. The molecule has 3 heterocycles. The lowest BCUT2D eigenvalue weighted by Crippen LogP contribution is -2.20. The normalized spacial score (nSPS) is 11.0. The van der Waals surface area contributed by atoms with Crippen LogP contribution in [0.5, 0.6) is 0 Å². The third kappa shape index (κ3) is 3.01. The van der Waals surface area contributed by atoms with Crippen molar-refractivity contribution < 1.29 is 0 Å². The van der Waals surface area contributed by atoms with Gasteiger partial charge >= 0.3 is 0 Å². The average molecular weight is 392 g/mol. The molecule has 0 unspecified atom stereocenters. The largest absolute Gasteiger partial charge is 0.357 e. The molecule has 6 nitrogen and oxygen atoms in total. The Hall–Kier alpha value is -3.25. The summed E-state index contributed by atoms with van der Waals surface area (Å²) < 4.78 is 1.51. The van der Waals surface area contributed by atoms with Gasteiger partial charge in [0.1, 0.15) is 5.65 Å². The quantitative estimate of drug-likeness (QED) is 0.570. The van der Waals surface area contributed by atoms with Gasteiger partial charge in [0.25, 0.3) is 5.56 Å². The fourth-order valence-electron chi connectivity index (χ4n) is 3.23. The molecule has 0 fully saturated rings. The van der Waals surface area contributed by atoms with Crippen LogP contribution in [0.2, 0.25) is 5.02 Å². The Bertz CT molecular complexity index is 1270. The second-order valence-electron chi connectivity index (χ2n) is 6.51. The first-order chi connectivity index (χ1) is 13.5. The number of anilines is 1. The number of hydrogen-bond acceptors (Lipinski definition) is 5. The first kappa shape index (κ1) is 18.1. The maximum atomic E-state index is 13.0. The summed E-state index contributed by atoms with van der Waals surface area (Å²) in [4.78, 5) is 26.0. The first-order valence-electron chi connectivity index (χ1n) is 8.76. The number of pyridine rings is 2. The van der Waals surface area contributed by atoms with Crippen molar-refractivity contribution >= 4 is 28.6 Å². The van der Waals surface area contributed by atoms with Crippen LogP contribution in [0.3, 0.4) is 0 Å². The van der Waals surface area contributed by atoms with Gasteiger partial charge in [-0.1, -0.05) is 29.8 Å². The lowest BCUT2D eigenvalue weighted by atomic mass is 10.0. The van der Waals surface area contributed by atoms with Crippen LogP contribution in [0.1, 0.15) is 5.56 Å². The molecule has 0 bridgehead atoms. The highest BCUT2D eigenvalue weighted by molar-refractivity contribution is 6.33. The van der Waals surface area contributed by atoms with Crippen molar-refractivity contribution in [2.45, 2.75) is 6.92 Å². The van der Waals surface area contributed by atoms with Crippen molar-refractivity contribution in [1.82, 2.24) is 19.5 Å². The van der Waals surface area contributed by atoms with Crippen molar-refractivity contribution in [3.05, 3.63) is 69.7 Å². The van der Waals surface area contributed by atoms with Crippen LogP contribution in [0.25, 0.3) is 33.4 Å². The monoisotopic (exact) mass is 391 g/mol. The number of fused-ring (bicyclic) bond motifs is 1. The fraction of sp³-hybridized carbons (Fsp3) is 0.143. The zero-order valence-electron chi connectivity index (χ0n) is 15.7. The minimum atomic E-state index is -0.170. The molecule has 0 atom stereocenters. The van der Waals surface area contributed by atoms with Crippen molar-refractivity contribution in [3.63, 3.8) is 0 Å². The number of nitrogens with one attached hydrogen (secondary N) is 1. The molecule has 4 rings (SSSR count). The van der Waals surface area contributed by atoms with Gasteiger partial charge in [-0.05, 0) is 30.7 Å². The molecule has 7 heteroatoms. The molecule has 0 amide bonds. The summed E-state index contributed by atoms with van der Waals surface area (Å²) in [5.74, 6) is 0.461. The summed E-state index contributed by atoms with van der Waals surface area (Å²) in [6.45, 7) is 2.00. The summed E-state index contributed by atoms with van der Waals surface area (Å²) in [6.07, 6.45) is 3.44. The summed E-state index contributed by atoms with van der Waals surface area (Å²) in [5.41, 5.74) is 4.40. The van der Waals surface area contributed by atoms with E-state index in [1.807, 2.05) is 37.3 Å². The van der Waals surface area contributed by atoms with Gasteiger partial charge in [0.05, 0.1) is 5.69 Å². The highest BCUT2D eigenvalue weighted by Gasteiger charge is 2.15. The van der Waals surface area contributed by atoms with Gasteiger partial charge in [0.15, 0.2) is 0 Å². The fourth-order valence-corrected chi connectivity index (χ4v) is 3.51. The predicted octanol–water partition coefficient (Wildman–Crippen LogP) is 4.06. The summed E-state index contributed by atoms with van der Waals surface area (Å²) in [6, 6.07) is 11.3. The van der Waals surface area contributed by atoms with Crippen LogP contribution in [-0.2, 0) is 7.05 Å². The first-order valence-corrected chi connectivity index (χ1v) is 9.14. The molecule has 0 aliphatic rings. The standard InChI is InChI=1S/C21H18ClN5O/c1-12-5-4-8-24-18(12)13-6-7-15(17(22)10-13)16-9-14-11-25-21(23-2)26-19(14)27(3)20(16)28/h4-11H,1-3H3,(H,23,25,26). The molecule has 0 aliphatic carbocycles. The third-order valence-electron chi connectivity index (χ3n) is 4.71. The van der Waals surface area contributed by atoms with Gasteiger partial charge in [0, 0.05) is 53.6 Å². The van der Waals surface area contributed by atoms with E-state index in [-0.39, 0.29) is 5.56 Å². The molecule has 28 heavy (non-hydrogen) atoms. The highest BCUT2D eigenvalue weighted by Crippen LogP contribution is 2.32. The molecule has 4 aromatic rings. The van der Waals surface area contributed by atoms with Crippen LogP contribution >= 0.6 is 11.6 Å². The molecule has 140 valence electrons. The zero-order chi connectivity index (χ0) is 19.8. The number of rotatable bonds is 3. The van der Waals surface area contributed by atoms with E-state index in [4.69, 9.17) is 11.6 Å². The molecule has 0 saturated carbocycles. The van der Waals surface area contributed by atoms with Crippen molar-refractivity contribution in [2.75, 3.05) is 12.4 Å². The minimum Gasteiger partial charge on any atom is -0.357 e. The molecule has 0 spiro atoms. The van der Waals surface area contributed by atoms with E-state index in [0.29, 0.717) is 27.7 Å². The van der Waals surface area contributed by atoms with E-state index < -0.39 is 0 Å². The number of benzene rings is 1. The third-order valence-corrected chi connectivity index (χ3v) is 5.03. The Labute approximate surface area is 166 Å². The van der Waals surface area contributed by atoms with Gasteiger partial charge < -0.3 is 5.32 Å². The summed E-state index contributed by atoms with van der Waals surface area (Å²) >= 11 is 6.57. The van der Waals surface area contributed by atoms with Gasteiger partial charge in [-0.15, -0.1) is 0 Å². The Morgan fingerprint density at radius 2 is 1.93 bits per heavy atom. The molecule has 1 aromatic carbocycles. The lowest BCUT2D eigenvalue weighted by Gasteiger charge is -2.11. The van der Waals surface area contributed by atoms with E-state index in [0.717, 1.165) is 22.2 Å². The molecular weight excluding hydrogens is 374 g/mol. The lowest BCUT2D eigenvalue weighted by molar-refractivity contribution is 0.886. The van der Waals surface area contributed by atoms with Crippen LogP contribution < -0.4 is 10.9 Å². The topological polar surface area (TPSA) is 72.7 Å². The number of nitrogens with zero attached hydrogens (tertiary/aromatic N) is 4. The van der Waals surface area contributed by atoms with E-state index >= 15 is 0 Å². The zero-order valence-corrected chi connectivity index (χ0v) is 16.4. The molecular formula is C21H18ClN5O. The van der Waals surface area contributed by atoms with Gasteiger partial charge in [-0.25, -0.2) is 4.98 Å². The van der Waals surface area contributed by atoms with E-state index in [2.05, 4.69) is 20.3 Å².